The standard InChI is InChI=1S/C25H22Cl2N4S2/c26-14-9-10-17(20(27)11-14)23(30-24-18(12-28)15-5-1-3-7-21(15)32-24)31-25-19(13-29)16-6-2-4-8-22(16)33-25/h9-11,23,30-31H,1-8H2. The maximum Gasteiger partial charge on any atom is 0.126 e. The highest BCUT2D eigenvalue weighted by atomic mass is 35.5. The quantitative estimate of drug-likeness (QED) is 0.341. The van der Waals surface area contributed by atoms with E-state index in [2.05, 4.69) is 22.8 Å². The summed E-state index contributed by atoms with van der Waals surface area (Å²) >= 11 is 16.1. The summed E-state index contributed by atoms with van der Waals surface area (Å²) in [5, 5.41) is 29.8. The Morgan fingerprint density at radius 2 is 1.30 bits per heavy atom. The van der Waals surface area contributed by atoms with Crippen molar-refractivity contribution in [1.29, 1.82) is 10.5 Å². The third-order valence-electron chi connectivity index (χ3n) is 6.39. The van der Waals surface area contributed by atoms with Crippen LogP contribution in [0, 0.1) is 22.7 Å². The lowest BCUT2D eigenvalue weighted by Crippen LogP contribution is -2.20. The number of anilines is 2. The van der Waals surface area contributed by atoms with Crippen LogP contribution in [-0.4, -0.2) is 0 Å². The van der Waals surface area contributed by atoms with Gasteiger partial charge in [0, 0.05) is 25.4 Å². The number of rotatable bonds is 5. The van der Waals surface area contributed by atoms with E-state index in [1.807, 2.05) is 12.1 Å². The molecule has 2 aliphatic rings. The molecule has 0 amide bonds. The molecule has 0 unspecified atom stereocenters. The summed E-state index contributed by atoms with van der Waals surface area (Å²) in [7, 11) is 0. The van der Waals surface area contributed by atoms with E-state index in [4.69, 9.17) is 23.2 Å². The van der Waals surface area contributed by atoms with E-state index in [9.17, 15) is 10.5 Å². The van der Waals surface area contributed by atoms with Gasteiger partial charge in [0.25, 0.3) is 0 Å². The van der Waals surface area contributed by atoms with Gasteiger partial charge in [-0.3, -0.25) is 0 Å². The van der Waals surface area contributed by atoms with Crippen molar-refractivity contribution in [2.75, 3.05) is 10.6 Å². The zero-order valence-electron chi connectivity index (χ0n) is 17.9. The van der Waals surface area contributed by atoms with E-state index in [-0.39, 0.29) is 0 Å². The third-order valence-corrected chi connectivity index (χ3v) is 9.40. The lowest BCUT2D eigenvalue weighted by atomic mass is 9.96. The first kappa shape index (κ1) is 22.6. The highest BCUT2D eigenvalue weighted by Crippen LogP contribution is 2.43. The van der Waals surface area contributed by atoms with Crippen molar-refractivity contribution in [2.24, 2.45) is 0 Å². The molecule has 4 nitrogen and oxygen atoms in total. The van der Waals surface area contributed by atoms with Crippen molar-refractivity contribution >= 4 is 55.9 Å². The van der Waals surface area contributed by atoms with Gasteiger partial charge in [0.1, 0.15) is 28.3 Å². The summed E-state index contributed by atoms with van der Waals surface area (Å²) in [6, 6.07) is 10.3. The lowest BCUT2D eigenvalue weighted by Gasteiger charge is -2.23. The van der Waals surface area contributed by atoms with Crippen LogP contribution in [0.3, 0.4) is 0 Å². The number of fused-ring (bicyclic) bond motifs is 2. The number of benzene rings is 1. The van der Waals surface area contributed by atoms with E-state index in [1.54, 1.807) is 28.7 Å². The Hall–Kier alpha value is -2.22. The summed E-state index contributed by atoms with van der Waals surface area (Å²) in [6.07, 6.45) is 8.10. The minimum atomic E-state index is -0.408. The molecule has 1 aromatic carbocycles. The van der Waals surface area contributed by atoms with Crippen molar-refractivity contribution in [2.45, 2.75) is 57.5 Å². The van der Waals surface area contributed by atoms with Crippen molar-refractivity contribution in [1.82, 2.24) is 0 Å². The van der Waals surface area contributed by atoms with E-state index >= 15 is 0 Å². The predicted molar refractivity (Wildman–Crippen MR) is 138 cm³/mol. The molecule has 0 aliphatic heterocycles. The zero-order chi connectivity index (χ0) is 22.9. The Morgan fingerprint density at radius 3 is 1.79 bits per heavy atom. The molecule has 33 heavy (non-hydrogen) atoms. The Morgan fingerprint density at radius 1 is 0.788 bits per heavy atom. The third kappa shape index (κ3) is 4.34. The second kappa shape index (κ2) is 9.57. The lowest BCUT2D eigenvalue weighted by molar-refractivity contribution is 0.696. The molecule has 0 atom stereocenters. The number of nitrogens with zero attached hydrogens (tertiary/aromatic N) is 2. The van der Waals surface area contributed by atoms with Crippen LogP contribution < -0.4 is 10.6 Å². The Labute approximate surface area is 211 Å². The summed E-state index contributed by atoms with van der Waals surface area (Å²) in [6.45, 7) is 0. The van der Waals surface area contributed by atoms with Gasteiger partial charge >= 0.3 is 0 Å². The zero-order valence-corrected chi connectivity index (χ0v) is 21.1. The van der Waals surface area contributed by atoms with Gasteiger partial charge in [0.2, 0.25) is 0 Å². The van der Waals surface area contributed by atoms with Crippen LogP contribution in [0.4, 0.5) is 10.0 Å². The molecule has 2 aromatic heterocycles. The topological polar surface area (TPSA) is 71.6 Å². The molecule has 2 N–H and O–H groups in total. The van der Waals surface area contributed by atoms with Crippen molar-refractivity contribution in [3.05, 3.63) is 65.8 Å². The van der Waals surface area contributed by atoms with Crippen LogP contribution in [0.5, 0.6) is 0 Å². The second-order valence-electron chi connectivity index (χ2n) is 8.44. The molecule has 3 aromatic rings. The van der Waals surface area contributed by atoms with E-state index in [1.165, 1.54) is 20.9 Å². The maximum atomic E-state index is 9.93. The SMILES string of the molecule is N#Cc1c(NC(Nc2sc3c(c2C#N)CCCC3)c2ccc(Cl)cc2Cl)sc2c1CCCC2. The van der Waals surface area contributed by atoms with Crippen LogP contribution in [-0.2, 0) is 25.7 Å². The van der Waals surface area contributed by atoms with Crippen LogP contribution in [0.15, 0.2) is 18.2 Å². The number of hydrogen-bond acceptors (Lipinski definition) is 6. The number of thiophene rings is 2. The van der Waals surface area contributed by atoms with Gasteiger partial charge in [-0.1, -0.05) is 29.3 Å². The summed E-state index contributed by atoms with van der Waals surface area (Å²) in [5.41, 5.74) is 4.66. The molecule has 0 fully saturated rings. The van der Waals surface area contributed by atoms with Gasteiger partial charge < -0.3 is 10.6 Å². The molecule has 0 spiro atoms. The molecule has 168 valence electrons. The fourth-order valence-corrected chi connectivity index (χ4v) is 7.81. The average molecular weight is 514 g/mol. The predicted octanol–water partition coefficient (Wildman–Crippen LogP) is 7.84. The van der Waals surface area contributed by atoms with E-state index < -0.39 is 6.17 Å². The Balaban J connectivity index is 1.56. The van der Waals surface area contributed by atoms with Crippen molar-refractivity contribution < 1.29 is 0 Å². The van der Waals surface area contributed by atoms with Gasteiger partial charge in [-0.2, -0.15) is 10.5 Å². The molecule has 0 saturated heterocycles. The number of nitriles is 2. The molecule has 2 aliphatic carbocycles. The highest BCUT2D eigenvalue weighted by Gasteiger charge is 2.27. The molecule has 0 bridgehead atoms. The van der Waals surface area contributed by atoms with Gasteiger partial charge in [0.15, 0.2) is 0 Å². The number of halogens is 2. The first-order valence-electron chi connectivity index (χ1n) is 11.2. The monoisotopic (exact) mass is 512 g/mol. The largest absolute Gasteiger partial charge is 0.352 e. The Kier molecular flexibility index (Phi) is 6.54. The van der Waals surface area contributed by atoms with Gasteiger partial charge in [-0.15, -0.1) is 22.7 Å². The van der Waals surface area contributed by atoms with Gasteiger partial charge in [-0.05, 0) is 74.6 Å². The maximum absolute atomic E-state index is 9.93. The molecule has 5 rings (SSSR count). The summed E-state index contributed by atoms with van der Waals surface area (Å²) in [4.78, 5) is 2.59. The van der Waals surface area contributed by atoms with Crippen molar-refractivity contribution in [3.63, 3.8) is 0 Å². The van der Waals surface area contributed by atoms with Crippen LogP contribution in [0.25, 0.3) is 0 Å². The minimum Gasteiger partial charge on any atom is -0.352 e. The molecule has 2 heterocycles. The minimum absolute atomic E-state index is 0.408. The fourth-order valence-electron chi connectivity index (χ4n) is 4.76. The number of aryl methyl sites for hydroxylation is 2. The highest BCUT2D eigenvalue weighted by molar-refractivity contribution is 7.17. The molecular formula is C25H22Cl2N4S2. The smallest absolute Gasteiger partial charge is 0.126 e. The van der Waals surface area contributed by atoms with E-state index in [0.29, 0.717) is 10.0 Å². The molecule has 0 saturated carbocycles. The second-order valence-corrected chi connectivity index (χ2v) is 11.5. The first-order valence-corrected chi connectivity index (χ1v) is 13.5. The molecule has 8 heteroatoms. The average Bonchev–Trinajstić information content (AvgIpc) is 3.35. The molecular weight excluding hydrogens is 491 g/mol. The van der Waals surface area contributed by atoms with Crippen LogP contribution in [0.2, 0.25) is 10.0 Å². The fraction of sp³-hybridized carbons (Fsp3) is 0.360. The van der Waals surface area contributed by atoms with Crippen LogP contribution >= 0.6 is 45.9 Å². The first-order chi connectivity index (χ1) is 16.1. The summed E-state index contributed by atoms with van der Waals surface area (Å²) < 4.78 is 0. The van der Waals surface area contributed by atoms with E-state index in [0.717, 1.165) is 78.1 Å². The Bertz CT molecular complexity index is 1220. The number of nitrogens with one attached hydrogen (secondary N) is 2. The van der Waals surface area contributed by atoms with Crippen LogP contribution in [0.1, 0.15) is 69.4 Å². The van der Waals surface area contributed by atoms with Gasteiger partial charge in [0.05, 0.1) is 11.1 Å². The van der Waals surface area contributed by atoms with Crippen molar-refractivity contribution in [3.8, 4) is 12.1 Å². The summed E-state index contributed by atoms with van der Waals surface area (Å²) in [5.74, 6) is 0. The van der Waals surface area contributed by atoms with Gasteiger partial charge in [-0.25, -0.2) is 0 Å². The normalized spacial score (nSPS) is 14.8. The number of hydrogen-bond donors (Lipinski definition) is 2. The molecule has 0 radical (unpaired) electrons.